The standard InChI is InChI=1S/C21H23N3O/c1-22-11-13-23(14-12-22)21(25)20-15-18-9-5-6-10-19(18)24(20)16-17-7-3-2-4-8-17/h2-10,15H,11-14,16H2,1H3. The van der Waals surface area contributed by atoms with Crippen molar-refractivity contribution in [3.63, 3.8) is 0 Å². The Bertz CT molecular complexity index is 877. The van der Waals surface area contributed by atoms with Gasteiger partial charge in [0.25, 0.3) is 5.91 Å². The molecule has 0 bridgehead atoms. The van der Waals surface area contributed by atoms with Gasteiger partial charge >= 0.3 is 0 Å². The minimum absolute atomic E-state index is 0.139. The highest BCUT2D eigenvalue weighted by Crippen LogP contribution is 2.23. The normalized spacial score (nSPS) is 15.6. The van der Waals surface area contributed by atoms with E-state index in [0.29, 0.717) is 6.54 Å². The van der Waals surface area contributed by atoms with Gasteiger partial charge in [0.05, 0.1) is 0 Å². The molecule has 1 aliphatic heterocycles. The average molecular weight is 333 g/mol. The van der Waals surface area contributed by atoms with E-state index >= 15 is 0 Å². The van der Waals surface area contributed by atoms with Crippen LogP contribution in [0.25, 0.3) is 10.9 Å². The Morgan fingerprint density at radius 3 is 2.36 bits per heavy atom. The summed E-state index contributed by atoms with van der Waals surface area (Å²) in [5, 5.41) is 1.12. The second-order valence-corrected chi connectivity index (χ2v) is 6.76. The molecule has 0 N–H and O–H groups in total. The molecule has 1 aromatic heterocycles. The van der Waals surface area contributed by atoms with Crippen molar-refractivity contribution in [3.05, 3.63) is 71.9 Å². The third-order valence-corrected chi connectivity index (χ3v) is 5.00. The zero-order valence-corrected chi connectivity index (χ0v) is 14.6. The van der Waals surface area contributed by atoms with Crippen molar-refractivity contribution in [1.82, 2.24) is 14.4 Å². The number of nitrogens with zero attached hydrogens (tertiary/aromatic N) is 3. The van der Waals surface area contributed by atoms with Crippen LogP contribution in [0.5, 0.6) is 0 Å². The summed E-state index contributed by atoms with van der Waals surface area (Å²) >= 11 is 0. The maximum atomic E-state index is 13.2. The fourth-order valence-corrected chi connectivity index (χ4v) is 3.50. The molecular weight excluding hydrogens is 310 g/mol. The lowest BCUT2D eigenvalue weighted by Gasteiger charge is -2.32. The fraction of sp³-hybridized carbons (Fsp3) is 0.286. The molecule has 0 aliphatic carbocycles. The second-order valence-electron chi connectivity index (χ2n) is 6.76. The molecule has 4 rings (SSSR count). The van der Waals surface area contributed by atoms with Gasteiger partial charge in [-0.3, -0.25) is 4.79 Å². The summed E-state index contributed by atoms with van der Waals surface area (Å²) in [4.78, 5) is 17.4. The van der Waals surface area contributed by atoms with E-state index in [4.69, 9.17) is 0 Å². The number of likely N-dealkylation sites (N-methyl/N-ethyl adjacent to an activating group) is 1. The third kappa shape index (κ3) is 3.17. The van der Waals surface area contributed by atoms with E-state index in [9.17, 15) is 4.79 Å². The molecule has 0 saturated carbocycles. The number of hydrogen-bond acceptors (Lipinski definition) is 2. The van der Waals surface area contributed by atoms with Crippen molar-refractivity contribution in [2.24, 2.45) is 0 Å². The van der Waals surface area contributed by atoms with E-state index in [1.165, 1.54) is 5.56 Å². The van der Waals surface area contributed by atoms with Crippen LogP contribution in [0.15, 0.2) is 60.7 Å². The molecule has 1 amide bonds. The molecule has 128 valence electrons. The van der Waals surface area contributed by atoms with Crippen LogP contribution >= 0.6 is 0 Å². The van der Waals surface area contributed by atoms with Gasteiger partial charge in [0.1, 0.15) is 5.69 Å². The van der Waals surface area contributed by atoms with E-state index in [-0.39, 0.29) is 5.91 Å². The Balaban J connectivity index is 1.72. The van der Waals surface area contributed by atoms with Gasteiger partial charge in [0, 0.05) is 43.6 Å². The maximum Gasteiger partial charge on any atom is 0.270 e. The minimum Gasteiger partial charge on any atom is -0.335 e. The molecule has 4 heteroatoms. The smallest absolute Gasteiger partial charge is 0.270 e. The number of piperazine rings is 1. The van der Waals surface area contributed by atoms with E-state index in [2.05, 4.69) is 40.8 Å². The quantitative estimate of drug-likeness (QED) is 0.737. The Morgan fingerprint density at radius 1 is 0.920 bits per heavy atom. The number of aromatic nitrogens is 1. The summed E-state index contributed by atoms with van der Waals surface area (Å²) in [6.07, 6.45) is 0. The minimum atomic E-state index is 0.139. The second kappa shape index (κ2) is 6.73. The van der Waals surface area contributed by atoms with Crippen molar-refractivity contribution in [1.29, 1.82) is 0 Å². The van der Waals surface area contributed by atoms with E-state index in [1.807, 2.05) is 41.3 Å². The van der Waals surface area contributed by atoms with Crippen molar-refractivity contribution in [2.75, 3.05) is 33.2 Å². The largest absolute Gasteiger partial charge is 0.335 e. The first-order chi connectivity index (χ1) is 12.2. The zero-order valence-electron chi connectivity index (χ0n) is 14.6. The van der Waals surface area contributed by atoms with Crippen LogP contribution in [0, 0.1) is 0 Å². The van der Waals surface area contributed by atoms with Gasteiger partial charge in [-0.05, 0) is 24.7 Å². The summed E-state index contributed by atoms with van der Waals surface area (Å²) in [7, 11) is 2.11. The van der Waals surface area contributed by atoms with Crippen LogP contribution in [-0.2, 0) is 6.54 Å². The molecule has 1 fully saturated rings. The summed E-state index contributed by atoms with van der Waals surface area (Å²) < 4.78 is 2.16. The predicted octanol–water partition coefficient (Wildman–Crippen LogP) is 3.08. The zero-order chi connectivity index (χ0) is 17.2. The van der Waals surface area contributed by atoms with Crippen LogP contribution in [0.2, 0.25) is 0 Å². The molecule has 2 aromatic carbocycles. The van der Waals surface area contributed by atoms with Crippen molar-refractivity contribution < 1.29 is 4.79 Å². The van der Waals surface area contributed by atoms with Gasteiger partial charge in [-0.15, -0.1) is 0 Å². The highest BCUT2D eigenvalue weighted by molar-refractivity contribution is 5.99. The number of fused-ring (bicyclic) bond motifs is 1. The van der Waals surface area contributed by atoms with E-state index in [1.54, 1.807) is 0 Å². The first-order valence-corrected chi connectivity index (χ1v) is 8.82. The van der Waals surface area contributed by atoms with Crippen LogP contribution < -0.4 is 0 Å². The number of rotatable bonds is 3. The maximum absolute atomic E-state index is 13.2. The topological polar surface area (TPSA) is 28.5 Å². The van der Waals surface area contributed by atoms with E-state index < -0.39 is 0 Å². The molecule has 0 atom stereocenters. The SMILES string of the molecule is CN1CCN(C(=O)c2cc3ccccc3n2Cc2ccccc2)CC1. The summed E-state index contributed by atoms with van der Waals surface area (Å²) in [5.41, 5.74) is 3.11. The molecule has 2 heterocycles. The van der Waals surface area contributed by atoms with Crippen LogP contribution in [0.1, 0.15) is 16.1 Å². The van der Waals surface area contributed by atoms with Gasteiger partial charge in [-0.2, -0.15) is 0 Å². The molecular formula is C21H23N3O. The molecule has 25 heavy (non-hydrogen) atoms. The van der Waals surface area contributed by atoms with E-state index in [0.717, 1.165) is 42.8 Å². The lowest BCUT2D eigenvalue weighted by molar-refractivity contribution is 0.0654. The molecule has 1 saturated heterocycles. The number of carbonyl (C=O) groups excluding carboxylic acids is 1. The molecule has 0 unspecified atom stereocenters. The molecule has 0 radical (unpaired) electrons. The van der Waals surface area contributed by atoms with Gasteiger partial charge in [-0.1, -0.05) is 48.5 Å². The number of benzene rings is 2. The van der Waals surface area contributed by atoms with Crippen LogP contribution in [0.4, 0.5) is 0 Å². The first-order valence-electron chi connectivity index (χ1n) is 8.82. The summed E-state index contributed by atoms with van der Waals surface area (Å²) in [5.74, 6) is 0.139. The third-order valence-electron chi connectivity index (χ3n) is 5.00. The summed E-state index contributed by atoms with van der Waals surface area (Å²) in [6, 6.07) is 20.6. The Kier molecular flexibility index (Phi) is 4.28. The van der Waals surface area contributed by atoms with Crippen molar-refractivity contribution >= 4 is 16.8 Å². The Morgan fingerprint density at radius 2 is 1.60 bits per heavy atom. The van der Waals surface area contributed by atoms with Crippen molar-refractivity contribution in [2.45, 2.75) is 6.54 Å². The highest BCUT2D eigenvalue weighted by Gasteiger charge is 2.24. The number of hydrogen-bond donors (Lipinski definition) is 0. The number of carbonyl (C=O) groups is 1. The van der Waals surface area contributed by atoms with Crippen LogP contribution in [-0.4, -0.2) is 53.5 Å². The van der Waals surface area contributed by atoms with Gasteiger partial charge in [0.2, 0.25) is 0 Å². The highest BCUT2D eigenvalue weighted by atomic mass is 16.2. The van der Waals surface area contributed by atoms with Crippen LogP contribution in [0.3, 0.4) is 0 Å². The molecule has 0 spiro atoms. The Hall–Kier alpha value is -2.59. The molecule has 4 nitrogen and oxygen atoms in total. The lowest BCUT2D eigenvalue weighted by Crippen LogP contribution is -2.47. The van der Waals surface area contributed by atoms with Gasteiger partial charge in [0.15, 0.2) is 0 Å². The lowest BCUT2D eigenvalue weighted by atomic mass is 10.2. The van der Waals surface area contributed by atoms with Gasteiger partial charge < -0.3 is 14.4 Å². The average Bonchev–Trinajstić information content (AvgIpc) is 3.01. The number of para-hydroxylation sites is 1. The predicted molar refractivity (Wildman–Crippen MR) is 101 cm³/mol. The molecule has 3 aromatic rings. The fourth-order valence-electron chi connectivity index (χ4n) is 3.50. The number of amides is 1. The van der Waals surface area contributed by atoms with Gasteiger partial charge in [-0.25, -0.2) is 0 Å². The summed E-state index contributed by atoms with van der Waals surface area (Å²) in [6.45, 7) is 4.17. The first kappa shape index (κ1) is 15.9. The van der Waals surface area contributed by atoms with Crippen molar-refractivity contribution in [3.8, 4) is 0 Å². The Labute approximate surface area is 148 Å². The molecule has 1 aliphatic rings. The monoisotopic (exact) mass is 333 g/mol.